The van der Waals surface area contributed by atoms with E-state index in [-0.39, 0.29) is 19.1 Å². The maximum atomic E-state index is 12.8. The minimum absolute atomic E-state index is 0.0452. The molecule has 4 N–H and O–H groups in total. The molecular weight excluding hydrogens is 567 g/mol. The van der Waals surface area contributed by atoms with Crippen molar-refractivity contribution in [2.24, 2.45) is 0 Å². The number of alkyl halides is 3. The van der Waals surface area contributed by atoms with Crippen LogP contribution in [0.3, 0.4) is 0 Å². The maximum Gasteiger partial charge on any atom is 0.471 e. The van der Waals surface area contributed by atoms with Crippen molar-refractivity contribution in [1.29, 1.82) is 0 Å². The van der Waals surface area contributed by atoms with Gasteiger partial charge in [-0.3, -0.25) is 4.79 Å². The van der Waals surface area contributed by atoms with Gasteiger partial charge in [0.05, 0.1) is 5.52 Å². The number of nitrogens with zero attached hydrogens (tertiary/aromatic N) is 3. The predicted octanol–water partition coefficient (Wildman–Crippen LogP) is 6.19. The van der Waals surface area contributed by atoms with E-state index in [1.165, 1.54) is 37.7 Å². The number of hydrogen-bond acceptors (Lipinski definition) is 7. The summed E-state index contributed by atoms with van der Waals surface area (Å²) in [5, 5.41) is 14.7. The smallest absolute Gasteiger partial charge is 0.367 e. The molecule has 2 fully saturated rings. The summed E-state index contributed by atoms with van der Waals surface area (Å²) in [6.45, 7) is 10.0. The second-order valence-corrected chi connectivity index (χ2v) is 12.1. The first-order valence-electron chi connectivity index (χ1n) is 16.1. The maximum absolute atomic E-state index is 12.8. The fourth-order valence-electron chi connectivity index (χ4n) is 5.97. The Balaban J connectivity index is 1.19. The summed E-state index contributed by atoms with van der Waals surface area (Å²) in [6, 6.07) is 8.24. The molecule has 1 aliphatic carbocycles. The third-order valence-electron chi connectivity index (χ3n) is 8.39. The lowest BCUT2D eigenvalue weighted by Crippen LogP contribution is -2.47. The lowest BCUT2D eigenvalue weighted by atomic mass is 9.95. The molecule has 1 saturated heterocycles. The van der Waals surface area contributed by atoms with Gasteiger partial charge in [0.2, 0.25) is 5.95 Å². The van der Waals surface area contributed by atoms with E-state index in [0.717, 1.165) is 66.3 Å². The number of fused-ring (bicyclic) bond motifs is 1. The number of likely N-dealkylation sites (tertiary alicyclic amines) is 1. The Morgan fingerprint density at radius 2 is 1.73 bits per heavy atom. The Bertz CT molecular complexity index is 1250. The summed E-state index contributed by atoms with van der Waals surface area (Å²) in [5.74, 6) is -0.706. The molecule has 8 nitrogen and oxygen atoms in total. The molecule has 1 aromatic carbocycles. The van der Waals surface area contributed by atoms with Gasteiger partial charge < -0.3 is 26.2 Å². The zero-order chi connectivity index (χ0) is 31.4. The molecule has 0 spiro atoms. The van der Waals surface area contributed by atoms with Crippen LogP contribution in [0.5, 0.6) is 0 Å². The van der Waals surface area contributed by atoms with Crippen LogP contribution in [0.2, 0.25) is 0 Å². The summed E-state index contributed by atoms with van der Waals surface area (Å²) < 4.78 is 38.4. The van der Waals surface area contributed by atoms with Gasteiger partial charge in [0.15, 0.2) is 0 Å². The number of nitrogens with one attached hydrogen (secondary N) is 4. The highest BCUT2D eigenvalue weighted by Crippen LogP contribution is 2.26. The van der Waals surface area contributed by atoms with E-state index in [9.17, 15) is 18.0 Å². The van der Waals surface area contributed by atoms with Gasteiger partial charge in [-0.1, -0.05) is 49.6 Å². The summed E-state index contributed by atoms with van der Waals surface area (Å²) in [6.07, 6.45) is 8.09. The number of aromatic nitrogens is 2. The average molecular weight is 616 g/mol. The van der Waals surface area contributed by atoms with Gasteiger partial charge in [-0.05, 0) is 89.2 Å². The molecule has 0 atom stereocenters. The first-order chi connectivity index (χ1) is 21.2. The van der Waals surface area contributed by atoms with Crippen LogP contribution in [0.15, 0.2) is 48.1 Å². The van der Waals surface area contributed by atoms with Crippen molar-refractivity contribution >= 4 is 28.6 Å². The van der Waals surface area contributed by atoms with Crippen LogP contribution in [-0.2, 0) is 4.79 Å². The van der Waals surface area contributed by atoms with E-state index in [4.69, 9.17) is 0 Å². The van der Waals surface area contributed by atoms with E-state index in [1.54, 1.807) is 0 Å². The number of amides is 1. The minimum Gasteiger partial charge on any atom is -0.367 e. The van der Waals surface area contributed by atoms with Gasteiger partial charge in [0.1, 0.15) is 5.82 Å². The Morgan fingerprint density at radius 1 is 1.00 bits per heavy atom. The second-order valence-electron chi connectivity index (χ2n) is 12.1. The first kappa shape index (κ1) is 33.7. The summed E-state index contributed by atoms with van der Waals surface area (Å²) in [5.41, 5.74) is 2.96. The number of halogens is 3. The van der Waals surface area contributed by atoms with Gasteiger partial charge in [-0.15, -0.1) is 0 Å². The van der Waals surface area contributed by atoms with E-state index < -0.39 is 12.1 Å². The molecule has 0 radical (unpaired) electrons. The Hall–Kier alpha value is -3.18. The van der Waals surface area contributed by atoms with Crippen LogP contribution in [0.4, 0.5) is 24.9 Å². The molecule has 4 rings (SSSR count). The van der Waals surface area contributed by atoms with Crippen LogP contribution < -0.4 is 21.3 Å². The molecule has 242 valence electrons. The first-order valence-corrected chi connectivity index (χ1v) is 16.1. The minimum atomic E-state index is -4.84. The fraction of sp³-hybridized carbons (Fsp3) is 0.606. The number of carbonyl (C=O) groups is 1. The number of carbonyl (C=O) groups excluding carboxylic acids is 1. The van der Waals surface area contributed by atoms with Crippen LogP contribution >= 0.6 is 0 Å². The van der Waals surface area contributed by atoms with Gasteiger partial charge in [0.25, 0.3) is 0 Å². The number of para-hydroxylation sites is 1. The van der Waals surface area contributed by atoms with Gasteiger partial charge in [-0.2, -0.15) is 18.2 Å². The molecule has 2 aliphatic rings. The predicted molar refractivity (Wildman–Crippen MR) is 172 cm³/mol. The molecule has 2 heterocycles. The number of hydrogen-bond donors (Lipinski definition) is 4. The van der Waals surface area contributed by atoms with Crippen molar-refractivity contribution in [1.82, 2.24) is 25.5 Å². The number of benzene rings is 1. The van der Waals surface area contributed by atoms with Crippen LogP contribution in [0.1, 0.15) is 71.1 Å². The Kier molecular flexibility index (Phi) is 12.8. The molecule has 44 heavy (non-hydrogen) atoms. The van der Waals surface area contributed by atoms with Crippen molar-refractivity contribution in [2.45, 2.75) is 89.4 Å². The lowest BCUT2D eigenvalue weighted by Gasteiger charge is -2.33. The summed E-state index contributed by atoms with van der Waals surface area (Å²) in [7, 11) is 0. The van der Waals surface area contributed by atoms with E-state index >= 15 is 0 Å². The second kappa shape index (κ2) is 16.8. The third-order valence-corrected chi connectivity index (χ3v) is 8.39. The molecule has 11 heteroatoms. The number of piperidine rings is 1. The normalized spacial score (nSPS) is 17.2. The van der Waals surface area contributed by atoms with Gasteiger partial charge in [0, 0.05) is 37.1 Å². The van der Waals surface area contributed by atoms with E-state index in [1.807, 2.05) is 24.3 Å². The standard InChI is InChI=1S/C33H48F3N7O/c1-24(10-8-17-37-18-9-19-38-26-11-4-3-5-12-26)22-25(2)23-39-32-41-29-14-7-6-13-28(29)30(42-32)40-27-15-20-43(21-16-27)31(44)33(34,35)36/h6-7,13-14,22,26-27,37-38H,2-5,8-12,15-21,23H2,1H3,(H2,39,40,41,42)/b24-22+. The quantitative estimate of drug-likeness (QED) is 0.140. The number of allylic oxidation sites excluding steroid dienone is 1. The molecule has 0 unspecified atom stereocenters. The highest BCUT2D eigenvalue weighted by molar-refractivity contribution is 5.90. The van der Waals surface area contributed by atoms with Gasteiger partial charge >= 0.3 is 12.1 Å². The van der Waals surface area contributed by atoms with Crippen molar-refractivity contribution < 1.29 is 18.0 Å². The zero-order valence-corrected chi connectivity index (χ0v) is 25.9. The molecule has 1 aromatic heterocycles. The number of rotatable bonds is 15. The van der Waals surface area contributed by atoms with E-state index in [0.29, 0.717) is 31.2 Å². The number of anilines is 2. The van der Waals surface area contributed by atoms with Crippen molar-refractivity contribution in [3.05, 3.63) is 48.1 Å². The van der Waals surface area contributed by atoms with Crippen molar-refractivity contribution in [3.8, 4) is 0 Å². The van der Waals surface area contributed by atoms with Crippen molar-refractivity contribution in [3.63, 3.8) is 0 Å². The van der Waals surface area contributed by atoms with E-state index in [2.05, 4.69) is 50.8 Å². The van der Waals surface area contributed by atoms with Gasteiger partial charge in [-0.25, -0.2) is 4.98 Å². The third kappa shape index (κ3) is 10.8. The van der Waals surface area contributed by atoms with Crippen LogP contribution in [-0.4, -0.2) is 78.3 Å². The lowest BCUT2D eigenvalue weighted by molar-refractivity contribution is -0.186. The highest BCUT2D eigenvalue weighted by atomic mass is 19.4. The highest BCUT2D eigenvalue weighted by Gasteiger charge is 2.43. The molecule has 1 saturated carbocycles. The Morgan fingerprint density at radius 3 is 2.48 bits per heavy atom. The molecule has 1 aliphatic heterocycles. The monoisotopic (exact) mass is 615 g/mol. The van der Waals surface area contributed by atoms with Crippen molar-refractivity contribution in [2.75, 3.05) is 49.9 Å². The summed E-state index contributed by atoms with van der Waals surface area (Å²) in [4.78, 5) is 21.8. The largest absolute Gasteiger partial charge is 0.471 e. The summed E-state index contributed by atoms with van der Waals surface area (Å²) >= 11 is 0. The van der Waals surface area contributed by atoms with Crippen LogP contribution in [0, 0.1) is 0 Å². The molecule has 1 amide bonds. The SMILES string of the molecule is C=C(/C=C(\C)CCCNCCCNC1CCCCC1)CNc1nc(NC2CCN(C(=O)C(F)(F)F)CC2)c2ccccc2n1. The topological polar surface area (TPSA) is 94.2 Å². The molecular formula is C33H48F3N7O. The molecule has 2 aromatic rings. The van der Waals surface area contributed by atoms with Crippen LogP contribution in [0.25, 0.3) is 10.9 Å². The average Bonchev–Trinajstić information content (AvgIpc) is 3.01. The fourth-order valence-corrected chi connectivity index (χ4v) is 5.97. The molecule has 0 bridgehead atoms. The Labute approximate surface area is 259 Å². The zero-order valence-electron chi connectivity index (χ0n) is 25.9.